The molecule has 0 spiro atoms. The zero-order chi connectivity index (χ0) is 9.35. The van der Waals surface area contributed by atoms with E-state index in [1.54, 1.807) is 7.05 Å². The highest BCUT2D eigenvalue weighted by atomic mass is 32.1. The lowest BCUT2D eigenvalue weighted by molar-refractivity contribution is -0.841. The summed E-state index contributed by atoms with van der Waals surface area (Å²) < 4.78 is 0.0795. The third kappa shape index (κ3) is 1.12. The average molecular weight is 188 g/mol. The van der Waals surface area contributed by atoms with Gasteiger partial charge in [0.1, 0.15) is 4.92 Å². The van der Waals surface area contributed by atoms with Crippen LogP contribution in [0.3, 0.4) is 0 Å². The van der Waals surface area contributed by atoms with Crippen molar-refractivity contribution in [2.24, 2.45) is 4.99 Å². The lowest BCUT2D eigenvalue weighted by Crippen LogP contribution is -2.45. The highest BCUT2D eigenvalue weighted by Crippen LogP contribution is 2.23. The molecule has 0 saturated carbocycles. The molecule has 0 saturated heterocycles. The molecule has 0 aromatic carbocycles. The lowest BCUT2D eigenvalue weighted by atomic mass is 10.5. The van der Waals surface area contributed by atoms with Crippen molar-refractivity contribution in [3.63, 3.8) is 0 Å². The van der Waals surface area contributed by atoms with Crippen LogP contribution < -0.4 is 0 Å². The summed E-state index contributed by atoms with van der Waals surface area (Å²) >= 11 is 4.07. The SMILES string of the molecule is CC[N+]1(C)C([N+](=O)[O-])=CN=C1S. The summed E-state index contributed by atoms with van der Waals surface area (Å²) in [5, 5.41) is 11.0. The lowest BCUT2D eigenvalue weighted by Gasteiger charge is -2.22. The number of thiol groups is 1. The first-order valence-corrected chi connectivity index (χ1v) is 3.95. The van der Waals surface area contributed by atoms with Crippen LogP contribution in [-0.2, 0) is 0 Å². The summed E-state index contributed by atoms with van der Waals surface area (Å²) in [5.41, 5.74) is 0. The van der Waals surface area contributed by atoms with E-state index in [4.69, 9.17) is 0 Å². The second-order valence-corrected chi connectivity index (χ2v) is 3.08. The molecule has 0 amide bonds. The Kier molecular flexibility index (Phi) is 2.20. The molecule has 1 aliphatic rings. The van der Waals surface area contributed by atoms with Crippen LogP contribution in [0.15, 0.2) is 17.0 Å². The molecule has 0 N–H and O–H groups in total. The van der Waals surface area contributed by atoms with Crippen LogP contribution in [0.1, 0.15) is 6.92 Å². The Morgan fingerprint density at radius 2 is 2.42 bits per heavy atom. The predicted molar refractivity (Wildman–Crippen MR) is 48.2 cm³/mol. The molecule has 1 atom stereocenters. The van der Waals surface area contributed by atoms with Gasteiger partial charge in [-0.25, -0.2) is 0 Å². The second-order valence-electron chi connectivity index (χ2n) is 2.68. The van der Waals surface area contributed by atoms with Crippen molar-refractivity contribution in [1.82, 2.24) is 0 Å². The highest BCUT2D eigenvalue weighted by Gasteiger charge is 2.43. The molecule has 0 aromatic rings. The van der Waals surface area contributed by atoms with E-state index >= 15 is 0 Å². The van der Waals surface area contributed by atoms with Crippen molar-refractivity contribution in [3.8, 4) is 0 Å². The van der Waals surface area contributed by atoms with Gasteiger partial charge in [-0.05, 0) is 6.92 Å². The van der Waals surface area contributed by atoms with Gasteiger partial charge in [-0.1, -0.05) is 12.6 Å². The van der Waals surface area contributed by atoms with Crippen LogP contribution in [-0.4, -0.2) is 28.2 Å². The molecule has 5 nitrogen and oxygen atoms in total. The Bertz CT molecular complexity index is 287. The fraction of sp³-hybridized carbons (Fsp3) is 0.500. The monoisotopic (exact) mass is 188 g/mol. The Hall–Kier alpha value is -0.880. The molecule has 0 radical (unpaired) electrons. The van der Waals surface area contributed by atoms with Gasteiger partial charge in [0.15, 0.2) is 6.20 Å². The number of amidine groups is 1. The van der Waals surface area contributed by atoms with Gasteiger partial charge in [-0.15, -0.1) is 0 Å². The molecular formula is C6H10N3O2S+. The van der Waals surface area contributed by atoms with Crippen LogP contribution in [0.2, 0.25) is 0 Å². The van der Waals surface area contributed by atoms with Crippen molar-refractivity contribution in [2.45, 2.75) is 6.92 Å². The molecule has 1 heterocycles. The Morgan fingerprint density at radius 3 is 2.75 bits per heavy atom. The molecule has 0 bridgehead atoms. The largest absolute Gasteiger partial charge is 0.452 e. The molecule has 12 heavy (non-hydrogen) atoms. The van der Waals surface area contributed by atoms with E-state index < -0.39 is 4.92 Å². The quantitative estimate of drug-likeness (QED) is 0.302. The molecule has 66 valence electrons. The standard InChI is InChI=1S/C6H9N3O2S/c1-3-9(2)5(8(10)11)4-7-6(9)12/h4H,3H2,1-2H3/p+1. The minimum atomic E-state index is -0.420. The van der Waals surface area contributed by atoms with Gasteiger partial charge in [0.05, 0.1) is 13.6 Å². The first-order valence-electron chi connectivity index (χ1n) is 3.50. The topological polar surface area (TPSA) is 55.5 Å². The Balaban J connectivity index is 3.04. The van der Waals surface area contributed by atoms with Crippen molar-refractivity contribution in [3.05, 3.63) is 22.1 Å². The highest BCUT2D eigenvalue weighted by molar-refractivity contribution is 7.96. The van der Waals surface area contributed by atoms with E-state index in [9.17, 15) is 10.1 Å². The third-order valence-corrected chi connectivity index (χ3v) is 2.62. The smallest absolute Gasteiger partial charge is 0.254 e. The summed E-state index contributed by atoms with van der Waals surface area (Å²) in [7, 11) is 1.72. The number of nitrogens with zero attached hydrogens (tertiary/aromatic N) is 3. The molecule has 1 unspecified atom stereocenters. The maximum absolute atomic E-state index is 10.5. The predicted octanol–water partition coefficient (Wildman–Crippen LogP) is 0.828. The maximum atomic E-state index is 10.5. The number of hydrogen-bond donors (Lipinski definition) is 1. The molecule has 0 fully saturated rings. The van der Waals surface area contributed by atoms with Crippen LogP contribution >= 0.6 is 12.6 Å². The normalized spacial score (nSPS) is 28.2. The van der Waals surface area contributed by atoms with Crippen molar-refractivity contribution < 1.29 is 9.41 Å². The van der Waals surface area contributed by atoms with Crippen molar-refractivity contribution >= 4 is 17.8 Å². The van der Waals surface area contributed by atoms with Gasteiger partial charge in [0, 0.05) is 0 Å². The number of rotatable bonds is 2. The minimum Gasteiger partial charge on any atom is -0.254 e. The van der Waals surface area contributed by atoms with Crippen molar-refractivity contribution in [1.29, 1.82) is 0 Å². The molecular weight excluding hydrogens is 178 g/mol. The van der Waals surface area contributed by atoms with Gasteiger partial charge >= 0.3 is 5.82 Å². The number of nitro groups is 1. The van der Waals surface area contributed by atoms with Gasteiger partial charge in [-0.3, -0.25) is 10.1 Å². The summed E-state index contributed by atoms with van der Waals surface area (Å²) in [6, 6.07) is 0. The minimum absolute atomic E-state index is 0.0718. The third-order valence-electron chi connectivity index (χ3n) is 2.06. The first kappa shape index (κ1) is 9.21. The van der Waals surface area contributed by atoms with E-state index in [0.717, 1.165) is 0 Å². The summed E-state index contributed by atoms with van der Waals surface area (Å²) in [6.07, 6.45) is 1.26. The summed E-state index contributed by atoms with van der Waals surface area (Å²) in [5.74, 6) is 0.0718. The molecule has 0 aliphatic carbocycles. The van der Waals surface area contributed by atoms with Gasteiger partial charge in [0.2, 0.25) is 0 Å². The number of aliphatic imine (C=N–C) groups is 1. The van der Waals surface area contributed by atoms with Crippen LogP contribution in [0.5, 0.6) is 0 Å². The van der Waals surface area contributed by atoms with Gasteiger partial charge in [-0.2, -0.15) is 9.48 Å². The fourth-order valence-corrected chi connectivity index (χ4v) is 1.31. The second kappa shape index (κ2) is 2.87. The Labute approximate surface area is 75.5 Å². The molecule has 6 heteroatoms. The fourth-order valence-electron chi connectivity index (χ4n) is 1.00. The van der Waals surface area contributed by atoms with E-state index in [1.165, 1.54) is 6.20 Å². The number of quaternary nitrogens is 1. The van der Waals surface area contributed by atoms with Gasteiger partial charge < -0.3 is 0 Å². The maximum Gasteiger partial charge on any atom is 0.452 e. The average Bonchev–Trinajstić information content (AvgIpc) is 2.30. The summed E-state index contributed by atoms with van der Waals surface area (Å²) in [6.45, 7) is 2.43. The van der Waals surface area contributed by atoms with E-state index in [0.29, 0.717) is 11.7 Å². The zero-order valence-electron chi connectivity index (χ0n) is 6.89. The number of hydrogen-bond acceptors (Lipinski definition) is 3. The van der Waals surface area contributed by atoms with Crippen molar-refractivity contribution in [2.75, 3.05) is 13.6 Å². The van der Waals surface area contributed by atoms with Crippen LogP contribution in [0, 0.1) is 10.1 Å². The van der Waals surface area contributed by atoms with E-state index in [1.807, 2.05) is 6.92 Å². The Morgan fingerprint density at radius 1 is 1.83 bits per heavy atom. The van der Waals surface area contributed by atoms with Crippen LogP contribution in [0.4, 0.5) is 0 Å². The summed E-state index contributed by atoms with van der Waals surface area (Å²) in [4.78, 5) is 13.9. The zero-order valence-corrected chi connectivity index (χ0v) is 7.78. The van der Waals surface area contributed by atoms with Gasteiger partial charge in [0.25, 0.3) is 5.17 Å². The van der Waals surface area contributed by atoms with Crippen LogP contribution in [0.25, 0.3) is 0 Å². The first-order chi connectivity index (χ1) is 5.52. The molecule has 0 aromatic heterocycles. The van der Waals surface area contributed by atoms with E-state index in [2.05, 4.69) is 17.6 Å². The molecule has 1 rings (SSSR count). The molecule has 1 aliphatic heterocycles. The van der Waals surface area contributed by atoms with E-state index in [-0.39, 0.29) is 10.3 Å².